The minimum atomic E-state index is -0.386. The maximum Gasteiger partial charge on any atom is 0.277 e. The number of nitrogens with zero attached hydrogens (tertiary/aromatic N) is 1. The number of carbonyl (C=O) groups excluding carboxylic acids is 2. The van der Waals surface area contributed by atoms with E-state index in [0.29, 0.717) is 18.0 Å². The highest BCUT2D eigenvalue weighted by Gasteiger charge is 2.06. The van der Waals surface area contributed by atoms with E-state index in [-0.39, 0.29) is 24.8 Å². The number of hydrazone groups is 1. The number of hydrogen-bond acceptors (Lipinski definition) is 4. The van der Waals surface area contributed by atoms with Gasteiger partial charge in [-0.25, -0.2) is 5.43 Å². The average Bonchev–Trinajstić information content (AvgIpc) is 2.44. The summed E-state index contributed by atoms with van der Waals surface area (Å²) in [7, 11) is 0. The van der Waals surface area contributed by atoms with Crippen LogP contribution in [0.2, 0.25) is 0 Å². The first-order chi connectivity index (χ1) is 10.4. The van der Waals surface area contributed by atoms with E-state index < -0.39 is 0 Å². The molecule has 0 aliphatic rings. The van der Waals surface area contributed by atoms with Gasteiger partial charge in [-0.05, 0) is 54.4 Å². The molecule has 1 rings (SSSR count). The van der Waals surface area contributed by atoms with Crippen LogP contribution < -0.4 is 15.5 Å². The van der Waals surface area contributed by atoms with Gasteiger partial charge in [0.1, 0.15) is 5.75 Å². The van der Waals surface area contributed by atoms with E-state index in [1.807, 2.05) is 26.0 Å². The van der Waals surface area contributed by atoms with Crippen LogP contribution in [0.1, 0.15) is 25.8 Å². The third kappa shape index (κ3) is 6.71. The highest BCUT2D eigenvalue weighted by Crippen LogP contribution is 2.25. The van der Waals surface area contributed by atoms with Crippen molar-refractivity contribution >= 4 is 33.5 Å². The molecule has 0 saturated carbocycles. The summed E-state index contributed by atoms with van der Waals surface area (Å²) in [6, 6.07) is 5.59. The van der Waals surface area contributed by atoms with E-state index >= 15 is 0 Å². The number of benzene rings is 1. The molecule has 22 heavy (non-hydrogen) atoms. The molecule has 2 N–H and O–H groups in total. The van der Waals surface area contributed by atoms with Crippen LogP contribution in [0.4, 0.5) is 0 Å². The van der Waals surface area contributed by atoms with Gasteiger partial charge in [0, 0.05) is 12.3 Å². The molecule has 0 radical (unpaired) electrons. The highest BCUT2D eigenvalue weighted by molar-refractivity contribution is 9.10. The molecule has 0 aromatic heterocycles. The van der Waals surface area contributed by atoms with Crippen molar-refractivity contribution in [3.05, 3.63) is 28.2 Å². The zero-order chi connectivity index (χ0) is 16.5. The van der Waals surface area contributed by atoms with Crippen LogP contribution in [0, 0.1) is 6.92 Å². The Hall–Kier alpha value is -1.89. The van der Waals surface area contributed by atoms with Crippen LogP contribution in [0.25, 0.3) is 0 Å². The van der Waals surface area contributed by atoms with E-state index in [4.69, 9.17) is 4.74 Å². The quantitative estimate of drug-likeness (QED) is 0.570. The molecule has 2 amide bonds. The summed E-state index contributed by atoms with van der Waals surface area (Å²) in [5, 5.41) is 6.52. The predicted molar refractivity (Wildman–Crippen MR) is 88.9 cm³/mol. The van der Waals surface area contributed by atoms with Crippen molar-refractivity contribution in [2.45, 2.75) is 27.2 Å². The van der Waals surface area contributed by atoms with E-state index in [1.165, 1.54) is 0 Å². The maximum absolute atomic E-state index is 11.7. The van der Waals surface area contributed by atoms with Crippen molar-refractivity contribution < 1.29 is 14.3 Å². The second-order valence-electron chi connectivity index (χ2n) is 4.73. The van der Waals surface area contributed by atoms with Gasteiger partial charge in [0.25, 0.3) is 5.91 Å². The number of rotatable bonds is 7. The number of carbonyl (C=O) groups is 2. The van der Waals surface area contributed by atoms with E-state index in [2.05, 4.69) is 31.8 Å². The molecule has 1 aromatic carbocycles. The number of aryl methyl sites for hydroxylation is 1. The molecule has 1 aromatic rings. The Morgan fingerprint density at radius 3 is 2.68 bits per heavy atom. The first-order valence-electron chi connectivity index (χ1n) is 6.90. The summed E-state index contributed by atoms with van der Waals surface area (Å²) in [5.41, 5.74) is 3.98. The molecular weight excluding hydrogens is 350 g/mol. The number of hydrogen-bond donors (Lipinski definition) is 2. The Kier molecular flexibility index (Phi) is 7.59. The van der Waals surface area contributed by atoms with Gasteiger partial charge in [-0.3, -0.25) is 9.59 Å². The molecule has 6 nitrogen and oxygen atoms in total. The van der Waals surface area contributed by atoms with Gasteiger partial charge in [0.2, 0.25) is 5.91 Å². The SMILES string of the molecule is CCNC(=O)C/C(C)=N/NC(=O)COc1ccc(C)cc1Br. The lowest BCUT2D eigenvalue weighted by atomic mass is 10.2. The van der Waals surface area contributed by atoms with Gasteiger partial charge in [0.05, 0.1) is 10.9 Å². The van der Waals surface area contributed by atoms with Crippen molar-refractivity contribution in [3.8, 4) is 5.75 Å². The van der Waals surface area contributed by atoms with E-state index in [0.717, 1.165) is 10.0 Å². The fourth-order valence-electron chi connectivity index (χ4n) is 1.59. The number of nitrogens with one attached hydrogen (secondary N) is 2. The van der Waals surface area contributed by atoms with Crippen molar-refractivity contribution in [2.75, 3.05) is 13.2 Å². The van der Waals surface area contributed by atoms with E-state index in [9.17, 15) is 9.59 Å². The summed E-state index contributed by atoms with van der Waals surface area (Å²) in [5.74, 6) is 0.0735. The predicted octanol–water partition coefficient (Wildman–Crippen LogP) is 2.15. The number of amides is 2. The summed E-state index contributed by atoms with van der Waals surface area (Å²) < 4.78 is 6.19. The minimum absolute atomic E-state index is 0.127. The summed E-state index contributed by atoms with van der Waals surface area (Å²) in [6.07, 6.45) is 0.151. The van der Waals surface area contributed by atoms with Crippen LogP contribution in [0.3, 0.4) is 0 Å². The van der Waals surface area contributed by atoms with Gasteiger partial charge in [0.15, 0.2) is 6.61 Å². The molecule has 0 heterocycles. The molecule has 0 bridgehead atoms. The summed E-state index contributed by atoms with van der Waals surface area (Å²) in [6.45, 7) is 5.89. The van der Waals surface area contributed by atoms with Gasteiger partial charge < -0.3 is 10.1 Å². The van der Waals surface area contributed by atoms with Crippen LogP contribution in [0.15, 0.2) is 27.8 Å². The fraction of sp³-hybridized carbons (Fsp3) is 0.400. The zero-order valence-electron chi connectivity index (χ0n) is 12.9. The van der Waals surface area contributed by atoms with E-state index in [1.54, 1.807) is 13.0 Å². The number of halogens is 1. The largest absolute Gasteiger partial charge is 0.483 e. The van der Waals surface area contributed by atoms with Crippen LogP contribution in [0.5, 0.6) is 5.75 Å². The standard InChI is InChI=1S/C15H20BrN3O3/c1-4-17-14(20)8-11(3)18-19-15(21)9-22-13-6-5-10(2)7-12(13)16/h5-7H,4,8-9H2,1-3H3,(H,17,20)(H,19,21)/b18-11+. The Morgan fingerprint density at radius 2 is 2.05 bits per heavy atom. The van der Waals surface area contributed by atoms with Crippen molar-refractivity contribution in [1.29, 1.82) is 0 Å². The lowest BCUT2D eigenvalue weighted by molar-refractivity contribution is -0.123. The molecular formula is C15H20BrN3O3. The third-order valence-corrected chi connectivity index (χ3v) is 3.23. The van der Waals surface area contributed by atoms with Crippen molar-refractivity contribution in [2.24, 2.45) is 5.10 Å². The maximum atomic E-state index is 11.7. The van der Waals surface area contributed by atoms with Gasteiger partial charge in [-0.1, -0.05) is 6.07 Å². The Morgan fingerprint density at radius 1 is 1.32 bits per heavy atom. The molecule has 0 atom stereocenters. The van der Waals surface area contributed by atoms with Crippen LogP contribution in [-0.2, 0) is 9.59 Å². The van der Waals surface area contributed by atoms with Gasteiger partial charge >= 0.3 is 0 Å². The van der Waals surface area contributed by atoms with Gasteiger partial charge in [-0.15, -0.1) is 0 Å². The molecule has 0 spiro atoms. The first-order valence-corrected chi connectivity index (χ1v) is 7.69. The van der Waals surface area contributed by atoms with Crippen LogP contribution >= 0.6 is 15.9 Å². The smallest absolute Gasteiger partial charge is 0.277 e. The molecule has 0 saturated heterocycles. The first kappa shape index (κ1) is 18.2. The molecule has 0 fully saturated rings. The van der Waals surface area contributed by atoms with Crippen molar-refractivity contribution in [1.82, 2.24) is 10.7 Å². The van der Waals surface area contributed by atoms with Crippen molar-refractivity contribution in [3.63, 3.8) is 0 Å². The zero-order valence-corrected chi connectivity index (χ0v) is 14.5. The second kappa shape index (κ2) is 9.19. The lowest BCUT2D eigenvalue weighted by Crippen LogP contribution is -2.28. The molecule has 120 valence electrons. The lowest BCUT2D eigenvalue weighted by Gasteiger charge is -2.08. The minimum Gasteiger partial charge on any atom is -0.483 e. The Balaban J connectivity index is 2.41. The second-order valence-corrected chi connectivity index (χ2v) is 5.59. The number of ether oxygens (including phenoxy) is 1. The normalized spacial score (nSPS) is 11.0. The highest BCUT2D eigenvalue weighted by atomic mass is 79.9. The average molecular weight is 370 g/mol. The molecule has 0 aliphatic carbocycles. The third-order valence-electron chi connectivity index (χ3n) is 2.61. The molecule has 0 aliphatic heterocycles. The summed E-state index contributed by atoms with van der Waals surface area (Å²) >= 11 is 3.37. The summed E-state index contributed by atoms with van der Waals surface area (Å²) in [4.78, 5) is 23.0. The van der Waals surface area contributed by atoms with Crippen LogP contribution in [-0.4, -0.2) is 30.7 Å². The Bertz CT molecular complexity index is 573. The monoisotopic (exact) mass is 369 g/mol. The topological polar surface area (TPSA) is 79.8 Å². The van der Waals surface area contributed by atoms with Gasteiger partial charge in [-0.2, -0.15) is 5.10 Å². The molecule has 0 unspecified atom stereocenters. The molecule has 7 heteroatoms. The Labute approximate surface area is 138 Å². The fourth-order valence-corrected chi connectivity index (χ4v) is 2.20.